The first kappa shape index (κ1) is 7.92. The van der Waals surface area contributed by atoms with Gasteiger partial charge in [0.25, 0.3) is 0 Å². The predicted octanol–water partition coefficient (Wildman–Crippen LogP) is 1.82. The Morgan fingerprint density at radius 1 is 1.45 bits per heavy atom. The SMILES string of the molecule is COc1c(C)[c]c(C)cc1O. The summed E-state index contributed by atoms with van der Waals surface area (Å²) in [5.41, 5.74) is 1.76. The van der Waals surface area contributed by atoms with Crippen molar-refractivity contribution in [1.29, 1.82) is 0 Å². The van der Waals surface area contributed by atoms with Gasteiger partial charge in [-0.15, -0.1) is 0 Å². The van der Waals surface area contributed by atoms with Gasteiger partial charge in [-0.25, -0.2) is 0 Å². The smallest absolute Gasteiger partial charge is 0.164 e. The molecule has 2 heteroatoms. The highest BCUT2D eigenvalue weighted by molar-refractivity contribution is 5.46. The van der Waals surface area contributed by atoms with E-state index in [4.69, 9.17) is 4.74 Å². The van der Waals surface area contributed by atoms with Gasteiger partial charge in [0.05, 0.1) is 7.11 Å². The van der Waals surface area contributed by atoms with E-state index in [0.29, 0.717) is 5.75 Å². The number of methoxy groups -OCH3 is 1. The molecule has 0 amide bonds. The second-order valence-corrected chi connectivity index (χ2v) is 2.50. The van der Waals surface area contributed by atoms with Crippen molar-refractivity contribution >= 4 is 0 Å². The zero-order valence-electron chi connectivity index (χ0n) is 6.93. The zero-order chi connectivity index (χ0) is 8.43. The van der Waals surface area contributed by atoms with Gasteiger partial charge in [0.1, 0.15) is 0 Å². The van der Waals surface area contributed by atoms with E-state index in [1.54, 1.807) is 6.07 Å². The highest BCUT2D eigenvalue weighted by atomic mass is 16.5. The van der Waals surface area contributed by atoms with Gasteiger partial charge in [-0.3, -0.25) is 0 Å². The Bertz CT molecular complexity index is 243. The summed E-state index contributed by atoms with van der Waals surface area (Å²) in [6, 6.07) is 4.68. The maximum absolute atomic E-state index is 9.33. The first-order valence-electron chi connectivity index (χ1n) is 3.41. The molecule has 2 nitrogen and oxygen atoms in total. The normalized spacial score (nSPS) is 9.73. The lowest BCUT2D eigenvalue weighted by Gasteiger charge is -2.06. The first-order valence-corrected chi connectivity index (χ1v) is 3.41. The van der Waals surface area contributed by atoms with Crippen LogP contribution in [0, 0.1) is 19.9 Å². The van der Waals surface area contributed by atoms with E-state index < -0.39 is 0 Å². The number of rotatable bonds is 1. The molecule has 1 aromatic carbocycles. The summed E-state index contributed by atoms with van der Waals surface area (Å²) in [4.78, 5) is 0. The second kappa shape index (κ2) is 2.82. The molecule has 0 unspecified atom stereocenters. The maximum Gasteiger partial charge on any atom is 0.164 e. The molecule has 1 rings (SSSR count). The Balaban J connectivity index is 3.25. The molecule has 0 heterocycles. The number of aromatic hydroxyl groups is 1. The van der Waals surface area contributed by atoms with Crippen molar-refractivity contribution in [3.63, 3.8) is 0 Å². The molecule has 0 atom stereocenters. The Morgan fingerprint density at radius 2 is 2.09 bits per heavy atom. The van der Waals surface area contributed by atoms with Crippen LogP contribution in [0.4, 0.5) is 0 Å². The summed E-state index contributed by atoms with van der Waals surface area (Å²) in [5, 5.41) is 9.33. The predicted molar refractivity (Wildman–Crippen MR) is 43.0 cm³/mol. The van der Waals surface area contributed by atoms with Gasteiger partial charge in [0, 0.05) is 5.56 Å². The molecule has 0 saturated carbocycles. The molecular weight excluding hydrogens is 140 g/mol. The highest BCUT2D eigenvalue weighted by Gasteiger charge is 2.04. The Kier molecular flexibility index (Phi) is 2.03. The highest BCUT2D eigenvalue weighted by Crippen LogP contribution is 2.29. The van der Waals surface area contributed by atoms with E-state index in [9.17, 15) is 5.11 Å². The minimum atomic E-state index is 0.182. The van der Waals surface area contributed by atoms with E-state index in [2.05, 4.69) is 6.07 Å². The minimum absolute atomic E-state index is 0.182. The maximum atomic E-state index is 9.33. The fourth-order valence-corrected chi connectivity index (χ4v) is 1.11. The summed E-state index contributed by atoms with van der Waals surface area (Å²) in [5.74, 6) is 0.692. The van der Waals surface area contributed by atoms with Gasteiger partial charge >= 0.3 is 0 Å². The summed E-state index contributed by atoms with van der Waals surface area (Å²) in [6.45, 7) is 3.73. The van der Waals surface area contributed by atoms with Crippen LogP contribution >= 0.6 is 0 Å². The fraction of sp³-hybridized carbons (Fsp3) is 0.333. The van der Waals surface area contributed by atoms with Crippen LogP contribution in [0.2, 0.25) is 0 Å². The number of phenols is 1. The van der Waals surface area contributed by atoms with Crippen molar-refractivity contribution in [3.8, 4) is 11.5 Å². The number of benzene rings is 1. The molecule has 1 radical (unpaired) electrons. The largest absolute Gasteiger partial charge is 0.504 e. The van der Waals surface area contributed by atoms with Crippen molar-refractivity contribution < 1.29 is 9.84 Å². The second-order valence-electron chi connectivity index (χ2n) is 2.50. The lowest BCUT2D eigenvalue weighted by atomic mass is 10.1. The molecule has 0 bridgehead atoms. The minimum Gasteiger partial charge on any atom is -0.504 e. The van der Waals surface area contributed by atoms with Gasteiger partial charge in [-0.2, -0.15) is 0 Å². The number of aryl methyl sites for hydroxylation is 2. The molecule has 1 aromatic rings. The number of hydrogen-bond donors (Lipinski definition) is 1. The molecule has 0 saturated heterocycles. The van der Waals surface area contributed by atoms with Gasteiger partial charge in [-0.05, 0) is 31.5 Å². The van der Waals surface area contributed by atoms with Gasteiger partial charge < -0.3 is 9.84 Å². The first-order chi connectivity index (χ1) is 5.15. The number of phenolic OH excluding ortho intramolecular Hbond substituents is 1. The molecule has 0 aromatic heterocycles. The van der Waals surface area contributed by atoms with E-state index >= 15 is 0 Å². The number of hydrogen-bond acceptors (Lipinski definition) is 2. The summed E-state index contributed by atoms with van der Waals surface area (Å²) >= 11 is 0. The number of ether oxygens (including phenoxy) is 1. The molecule has 0 aliphatic heterocycles. The summed E-state index contributed by atoms with van der Waals surface area (Å²) in [6.07, 6.45) is 0. The van der Waals surface area contributed by atoms with Crippen LogP contribution in [0.3, 0.4) is 0 Å². The third kappa shape index (κ3) is 1.45. The van der Waals surface area contributed by atoms with Crippen molar-refractivity contribution in [3.05, 3.63) is 23.3 Å². The fourth-order valence-electron chi connectivity index (χ4n) is 1.11. The lowest BCUT2D eigenvalue weighted by molar-refractivity contribution is 0.370. The third-order valence-corrected chi connectivity index (χ3v) is 1.52. The molecule has 59 valence electrons. The molecule has 0 aliphatic carbocycles. The van der Waals surface area contributed by atoms with E-state index in [1.165, 1.54) is 7.11 Å². The topological polar surface area (TPSA) is 29.5 Å². The molecule has 0 aliphatic rings. The molecular formula is C9H11O2. The van der Waals surface area contributed by atoms with Gasteiger partial charge in [-0.1, -0.05) is 0 Å². The van der Waals surface area contributed by atoms with Crippen LogP contribution in [-0.4, -0.2) is 12.2 Å². The van der Waals surface area contributed by atoms with E-state index in [1.807, 2.05) is 13.8 Å². The molecule has 11 heavy (non-hydrogen) atoms. The van der Waals surface area contributed by atoms with Crippen LogP contribution in [0.1, 0.15) is 11.1 Å². The van der Waals surface area contributed by atoms with Gasteiger partial charge in [0.2, 0.25) is 0 Å². The Labute approximate surface area is 66.4 Å². The average Bonchev–Trinajstić information content (AvgIpc) is 1.85. The van der Waals surface area contributed by atoms with Gasteiger partial charge in [0.15, 0.2) is 11.5 Å². The van der Waals surface area contributed by atoms with Crippen LogP contribution in [0.5, 0.6) is 11.5 Å². The van der Waals surface area contributed by atoms with Crippen LogP contribution < -0.4 is 4.74 Å². The molecule has 1 N–H and O–H groups in total. The van der Waals surface area contributed by atoms with E-state index in [-0.39, 0.29) is 5.75 Å². The quantitative estimate of drug-likeness (QED) is 0.663. The van der Waals surface area contributed by atoms with Crippen LogP contribution in [0.25, 0.3) is 0 Å². The summed E-state index contributed by atoms with van der Waals surface area (Å²) < 4.78 is 4.95. The zero-order valence-corrected chi connectivity index (χ0v) is 6.93. The Morgan fingerprint density at radius 3 is 2.55 bits per heavy atom. The summed E-state index contributed by atoms with van der Waals surface area (Å²) in [7, 11) is 1.53. The van der Waals surface area contributed by atoms with Crippen LogP contribution in [0.15, 0.2) is 6.07 Å². The lowest BCUT2D eigenvalue weighted by Crippen LogP contribution is -1.88. The van der Waals surface area contributed by atoms with Crippen molar-refractivity contribution in [2.24, 2.45) is 0 Å². The molecule has 0 spiro atoms. The van der Waals surface area contributed by atoms with Crippen molar-refractivity contribution in [2.45, 2.75) is 13.8 Å². The standard InChI is InChI=1S/C9H11O2/c1-6-4-7(2)9(11-3)8(10)5-6/h5,10H,1-3H3. The monoisotopic (exact) mass is 151 g/mol. The van der Waals surface area contributed by atoms with Crippen molar-refractivity contribution in [1.82, 2.24) is 0 Å². The van der Waals surface area contributed by atoms with Crippen molar-refractivity contribution in [2.75, 3.05) is 7.11 Å². The molecule has 0 fully saturated rings. The van der Waals surface area contributed by atoms with E-state index in [0.717, 1.165) is 11.1 Å². The third-order valence-electron chi connectivity index (χ3n) is 1.52. The average molecular weight is 151 g/mol. The Hall–Kier alpha value is -1.18. The van der Waals surface area contributed by atoms with Crippen LogP contribution in [-0.2, 0) is 0 Å².